The fourth-order valence-electron chi connectivity index (χ4n) is 3.07. The number of rotatable bonds is 6. The highest BCUT2D eigenvalue weighted by Crippen LogP contribution is 2.19. The summed E-state index contributed by atoms with van der Waals surface area (Å²) in [7, 11) is 3.85. The van der Waals surface area contributed by atoms with Gasteiger partial charge in [0.15, 0.2) is 0 Å². The van der Waals surface area contributed by atoms with E-state index in [4.69, 9.17) is 0 Å². The van der Waals surface area contributed by atoms with Crippen molar-refractivity contribution in [3.8, 4) is 0 Å². The molecule has 0 bridgehead atoms. The summed E-state index contributed by atoms with van der Waals surface area (Å²) in [6.45, 7) is 2.80. The van der Waals surface area contributed by atoms with Crippen LogP contribution in [0.15, 0.2) is 36.5 Å². The Morgan fingerprint density at radius 3 is 2.54 bits per heavy atom. The van der Waals surface area contributed by atoms with Gasteiger partial charge < -0.3 is 10.2 Å². The van der Waals surface area contributed by atoms with Gasteiger partial charge in [-0.15, -0.1) is 0 Å². The van der Waals surface area contributed by atoms with Crippen LogP contribution < -0.4 is 10.2 Å². The van der Waals surface area contributed by atoms with Gasteiger partial charge in [-0.05, 0) is 24.5 Å². The van der Waals surface area contributed by atoms with E-state index in [2.05, 4.69) is 20.2 Å². The maximum atomic E-state index is 10.7. The predicted octanol–water partition coefficient (Wildman–Crippen LogP) is 2.53. The zero-order chi connectivity index (χ0) is 18.5. The third-order valence-electron chi connectivity index (χ3n) is 4.54. The monoisotopic (exact) mass is 356 g/mol. The first kappa shape index (κ1) is 18.1. The molecule has 1 aromatic heterocycles. The Labute approximate surface area is 153 Å². The van der Waals surface area contributed by atoms with E-state index in [9.17, 15) is 10.1 Å². The van der Waals surface area contributed by atoms with Gasteiger partial charge in [-0.3, -0.25) is 15.0 Å². The van der Waals surface area contributed by atoms with Crippen LogP contribution in [-0.2, 0) is 6.54 Å². The number of nitro groups is 1. The summed E-state index contributed by atoms with van der Waals surface area (Å²) >= 11 is 0. The quantitative estimate of drug-likeness (QED) is 0.628. The summed E-state index contributed by atoms with van der Waals surface area (Å²) in [6, 6.07) is 9.12. The van der Waals surface area contributed by atoms with E-state index in [-0.39, 0.29) is 10.6 Å². The number of nitrogens with zero attached hydrogens (tertiary/aromatic N) is 5. The number of likely N-dealkylation sites (tertiary alicyclic amines) is 1. The highest BCUT2D eigenvalue weighted by Gasteiger charge is 2.20. The van der Waals surface area contributed by atoms with Crippen LogP contribution in [0.1, 0.15) is 18.4 Å². The molecular formula is C18H24N6O2. The minimum atomic E-state index is -0.365. The molecule has 1 fully saturated rings. The van der Waals surface area contributed by atoms with E-state index < -0.39 is 0 Å². The Kier molecular flexibility index (Phi) is 5.62. The second kappa shape index (κ2) is 8.09. The minimum absolute atomic E-state index is 0.138. The Hall–Kier alpha value is -2.74. The summed E-state index contributed by atoms with van der Waals surface area (Å²) in [4.78, 5) is 23.4. The highest BCUT2D eigenvalue weighted by molar-refractivity contribution is 5.41. The van der Waals surface area contributed by atoms with Crippen LogP contribution in [0.25, 0.3) is 0 Å². The molecule has 3 rings (SSSR count). The molecule has 0 atom stereocenters. The van der Waals surface area contributed by atoms with Crippen LogP contribution in [0.5, 0.6) is 0 Å². The molecule has 0 amide bonds. The van der Waals surface area contributed by atoms with E-state index in [1.165, 1.54) is 0 Å². The van der Waals surface area contributed by atoms with Crippen molar-refractivity contribution in [1.29, 1.82) is 0 Å². The predicted molar refractivity (Wildman–Crippen MR) is 101 cm³/mol. The fraction of sp³-hybridized carbons (Fsp3) is 0.444. The van der Waals surface area contributed by atoms with Crippen molar-refractivity contribution in [2.24, 2.45) is 0 Å². The number of hydrogen-bond acceptors (Lipinski definition) is 7. The third-order valence-corrected chi connectivity index (χ3v) is 4.54. The number of benzene rings is 1. The van der Waals surface area contributed by atoms with Crippen LogP contribution in [0.3, 0.4) is 0 Å². The molecule has 1 aliphatic rings. The van der Waals surface area contributed by atoms with Gasteiger partial charge in [-0.1, -0.05) is 12.1 Å². The van der Waals surface area contributed by atoms with Crippen molar-refractivity contribution in [2.75, 3.05) is 37.4 Å². The zero-order valence-corrected chi connectivity index (χ0v) is 15.1. The molecule has 2 aromatic rings. The molecule has 1 saturated heterocycles. The lowest BCUT2D eigenvalue weighted by molar-refractivity contribution is -0.384. The van der Waals surface area contributed by atoms with Crippen LogP contribution >= 0.6 is 0 Å². The van der Waals surface area contributed by atoms with Crippen LogP contribution in [0.2, 0.25) is 0 Å². The van der Waals surface area contributed by atoms with Gasteiger partial charge >= 0.3 is 0 Å². The lowest BCUT2D eigenvalue weighted by atomic mass is 10.0. The molecule has 1 aliphatic heterocycles. The number of nitrogens with one attached hydrogen (secondary N) is 1. The topological polar surface area (TPSA) is 87.4 Å². The average molecular weight is 356 g/mol. The summed E-state index contributed by atoms with van der Waals surface area (Å²) < 4.78 is 0. The number of piperidine rings is 1. The maximum absolute atomic E-state index is 10.7. The van der Waals surface area contributed by atoms with E-state index in [0.717, 1.165) is 43.9 Å². The largest absolute Gasteiger partial charge is 0.367 e. The number of hydrogen-bond donors (Lipinski definition) is 1. The molecule has 2 heterocycles. The van der Waals surface area contributed by atoms with Crippen LogP contribution in [0.4, 0.5) is 17.5 Å². The van der Waals surface area contributed by atoms with Crippen molar-refractivity contribution >= 4 is 17.5 Å². The molecule has 0 aliphatic carbocycles. The Morgan fingerprint density at radius 2 is 1.92 bits per heavy atom. The molecular weight excluding hydrogens is 332 g/mol. The second-order valence-corrected chi connectivity index (χ2v) is 6.75. The summed E-state index contributed by atoms with van der Waals surface area (Å²) in [6.07, 6.45) is 3.84. The van der Waals surface area contributed by atoms with Crippen molar-refractivity contribution in [2.45, 2.75) is 25.4 Å². The normalized spacial score (nSPS) is 15.6. The van der Waals surface area contributed by atoms with Crippen LogP contribution in [0, 0.1) is 10.1 Å². The Bertz CT molecular complexity index is 742. The molecule has 0 unspecified atom stereocenters. The highest BCUT2D eigenvalue weighted by atomic mass is 16.6. The number of anilines is 2. The maximum Gasteiger partial charge on any atom is 0.269 e. The smallest absolute Gasteiger partial charge is 0.269 e. The second-order valence-electron chi connectivity index (χ2n) is 6.75. The minimum Gasteiger partial charge on any atom is -0.367 e. The summed E-state index contributed by atoms with van der Waals surface area (Å²) in [5.41, 5.74) is 1.24. The van der Waals surface area contributed by atoms with Crippen molar-refractivity contribution < 1.29 is 4.92 Å². The van der Waals surface area contributed by atoms with Gasteiger partial charge in [0, 0.05) is 58.1 Å². The van der Waals surface area contributed by atoms with E-state index in [0.29, 0.717) is 12.0 Å². The molecule has 26 heavy (non-hydrogen) atoms. The number of nitro benzene ring substituents is 1. The van der Waals surface area contributed by atoms with E-state index in [1.807, 2.05) is 37.2 Å². The molecule has 0 saturated carbocycles. The number of non-ortho nitro benzene ring substituents is 1. The SMILES string of the molecule is CN(C)c1nccc(NC2CCN(Cc3ccc([N+](=O)[O-])cc3)CC2)n1. The first-order valence-electron chi connectivity index (χ1n) is 8.74. The molecule has 1 N–H and O–H groups in total. The molecule has 8 nitrogen and oxygen atoms in total. The van der Waals surface area contributed by atoms with Crippen molar-refractivity contribution in [1.82, 2.24) is 14.9 Å². The molecule has 8 heteroatoms. The third kappa shape index (κ3) is 4.66. The average Bonchev–Trinajstić information content (AvgIpc) is 2.64. The summed E-state index contributed by atoms with van der Waals surface area (Å²) in [5, 5.41) is 14.2. The van der Waals surface area contributed by atoms with Gasteiger partial charge in [0.05, 0.1) is 4.92 Å². The molecule has 0 spiro atoms. The lowest BCUT2D eigenvalue weighted by Gasteiger charge is -2.32. The van der Waals surface area contributed by atoms with Gasteiger partial charge in [-0.2, -0.15) is 4.98 Å². The van der Waals surface area contributed by atoms with Gasteiger partial charge in [0.25, 0.3) is 5.69 Å². The van der Waals surface area contributed by atoms with Crippen LogP contribution in [-0.4, -0.2) is 53.0 Å². The van der Waals surface area contributed by atoms with Gasteiger partial charge in [0.1, 0.15) is 5.82 Å². The molecule has 0 radical (unpaired) electrons. The Morgan fingerprint density at radius 1 is 1.23 bits per heavy atom. The number of aromatic nitrogens is 2. The van der Waals surface area contributed by atoms with Gasteiger partial charge in [0.2, 0.25) is 5.95 Å². The summed E-state index contributed by atoms with van der Waals surface area (Å²) in [5.74, 6) is 1.56. The first-order valence-corrected chi connectivity index (χ1v) is 8.74. The fourth-order valence-corrected chi connectivity index (χ4v) is 3.07. The van der Waals surface area contributed by atoms with Gasteiger partial charge in [-0.25, -0.2) is 4.98 Å². The first-order chi connectivity index (χ1) is 12.5. The van der Waals surface area contributed by atoms with Crippen molar-refractivity contribution in [3.05, 3.63) is 52.2 Å². The van der Waals surface area contributed by atoms with Crippen molar-refractivity contribution in [3.63, 3.8) is 0 Å². The van der Waals surface area contributed by atoms with E-state index >= 15 is 0 Å². The van der Waals surface area contributed by atoms with E-state index in [1.54, 1.807) is 18.3 Å². The molecule has 1 aromatic carbocycles. The lowest BCUT2D eigenvalue weighted by Crippen LogP contribution is -2.38. The standard InChI is InChI=1S/C18H24N6O2/c1-22(2)18-19-10-7-17(21-18)20-15-8-11-23(12-9-15)13-14-3-5-16(6-4-14)24(25)26/h3-7,10,15H,8-9,11-13H2,1-2H3,(H,19,20,21). The Balaban J connectivity index is 1.49. The molecule has 138 valence electrons. The zero-order valence-electron chi connectivity index (χ0n) is 15.1.